The van der Waals surface area contributed by atoms with Crippen molar-refractivity contribution in [2.24, 2.45) is 22.9 Å². The average Bonchev–Trinajstić information content (AvgIpc) is 3.17. The van der Waals surface area contributed by atoms with Gasteiger partial charge in [0.1, 0.15) is 5.70 Å². The molecule has 1 aliphatic rings. The molecule has 1 rings (SSSR count). The van der Waals surface area contributed by atoms with E-state index in [0.29, 0.717) is 17.5 Å². The lowest BCUT2D eigenvalue weighted by molar-refractivity contribution is 0.524. The summed E-state index contributed by atoms with van der Waals surface area (Å²) in [5.41, 5.74) is 2.72. The Morgan fingerprint density at radius 1 is 1.44 bits per heavy atom. The summed E-state index contributed by atoms with van der Waals surface area (Å²) >= 11 is 0. The van der Waals surface area contributed by atoms with E-state index in [0.717, 1.165) is 23.5 Å². The second-order valence-electron chi connectivity index (χ2n) is 5.35. The van der Waals surface area contributed by atoms with Crippen LogP contribution in [0.2, 0.25) is 0 Å². The van der Waals surface area contributed by atoms with Crippen molar-refractivity contribution in [3.8, 4) is 0 Å². The van der Waals surface area contributed by atoms with E-state index in [1.54, 1.807) is 0 Å². The second kappa shape index (κ2) is 6.67. The maximum absolute atomic E-state index is 11.3. The van der Waals surface area contributed by atoms with Gasteiger partial charge < -0.3 is 0 Å². The van der Waals surface area contributed by atoms with Gasteiger partial charge in [-0.1, -0.05) is 39.5 Å². The van der Waals surface area contributed by atoms with E-state index < -0.39 is 0 Å². The zero-order valence-corrected chi connectivity index (χ0v) is 12.1. The second-order valence-corrected chi connectivity index (χ2v) is 5.35. The number of nitrogens with zero attached hydrogens (tertiary/aromatic N) is 1. The molecule has 1 atom stereocenters. The van der Waals surface area contributed by atoms with Gasteiger partial charge in [-0.15, -0.1) is 4.91 Å². The fourth-order valence-electron chi connectivity index (χ4n) is 2.74. The van der Waals surface area contributed by atoms with Crippen LogP contribution in [-0.2, 0) is 0 Å². The minimum atomic E-state index is 0.314. The third-order valence-corrected chi connectivity index (χ3v) is 3.82. The fraction of sp³-hybridized carbons (Fsp3) is 0.625. The molecule has 0 radical (unpaired) electrons. The lowest BCUT2D eigenvalue weighted by atomic mass is 9.86. The minimum absolute atomic E-state index is 0.314. The van der Waals surface area contributed by atoms with E-state index in [9.17, 15) is 4.91 Å². The van der Waals surface area contributed by atoms with Gasteiger partial charge in [0.25, 0.3) is 0 Å². The van der Waals surface area contributed by atoms with Crippen molar-refractivity contribution < 1.29 is 0 Å². The molecular formula is C16H25NO. The molecule has 18 heavy (non-hydrogen) atoms. The van der Waals surface area contributed by atoms with Crippen LogP contribution in [0.5, 0.6) is 0 Å². The van der Waals surface area contributed by atoms with E-state index in [1.165, 1.54) is 12.8 Å². The van der Waals surface area contributed by atoms with Crippen LogP contribution in [0.1, 0.15) is 47.0 Å². The Morgan fingerprint density at radius 3 is 2.33 bits per heavy atom. The smallest absolute Gasteiger partial charge is 0.114 e. The molecular weight excluding hydrogens is 222 g/mol. The highest BCUT2D eigenvalue weighted by atomic mass is 16.3. The molecule has 2 heteroatoms. The van der Waals surface area contributed by atoms with Crippen LogP contribution in [0.3, 0.4) is 0 Å². The van der Waals surface area contributed by atoms with Crippen molar-refractivity contribution in [1.29, 1.82) is 0 Å². The first-order chi connectivity index (χ1) is 8.60. The summed E-state index contributed by atoms with van der Waals surface area (Å²) in [7, 11) is 0. The van der Waals surface area contributed by atoms with Crippen LogP contribution in [0, 0.1) is 22.7 Å². The largest absolute Gasteiger partial charge is 0.145 e. The molecule has 0 bridgehead atoms. The molecule has 0 saturated heterocycles. The summed E-state index contributed by atoms with van der Waals surface area (Å²) in [6.45, 7) is 12.2. The van der Waals surface area contributed by atoms with Crippen molar-refractivity contribution in [2.75, 3.05) is 0 Å². The molecule has 1 saturated carbocycles. The van der Waals surface area contributed by atoms with E-state index in [2.05, 4.69) is 32.5 Å². The van der Waals surface area contributed by atoms with E-state index in [1.807, 2.05) is 19.1 Å². The summed E-state index contributed by atoms with van der Waals surface area (Å²) in [6, 6.07) is 0. The van der Waals surface area contributed by atoms with Crippen molar-refractivity contribution in [3.63, 3.8) is 0 Å². The monoisotopic (exact) mass is 247 g/mol. The molecule has 1 fully saturated rings. The van der Waals surface area contributed by atoms with Gasteiger partial charge in [0.05, 0.1) is 0 Å². The fourth-order valence-corrected chi connectivity index (χ4v) is 2.74. The van der Waals surface area contributed by atoms with Crippen LogP contribution in [0.25, 0.3) is 0 Å². The first-order valence-electron chi connectivity index (χ1n) is 6.97. The average molecular weight is 247 g/mol. The van der Waals surface area contributed by atoms with Gasteiger partial charge in [-0.05, 0) is 60.3 Å². The summed E-state index contributed by atoms with van der Waals surface area (Å²) in [5.74, 6) is 1.49. The molecule has 0 aliphatic heterocycles. The lowest BCUT2D eigenvalue weighted by Gasteiger charge is -2.20. The molecule has 1 unspecified atom stereocenters. The molecule has 0 aromatic heterocycles. The number of hydrogen-bond donors (Lipinski definition) is 0. The summed E-state index contributed by atoms with van der Waals surface area (Å²) in [5, 5.41) is 3.32. The van der Waals surface area contributed by atoms with Crippen molar-refractivity contribution in [3.05, 3.63) is 40.5 Å². The van der Waals surface area contributed by atoms with Gasteiger partial charge in [0, 0.05) is 0 Å². The van der Waals surface area contributed by atoms with Gasteiger partial charge in [-0.25, -0.2) is 0 Å². The summed E-state index contributed by atoms with van der Waals surface area (Å²) in [4.78, 5) is 11.3. The van der Waals surface area contributed by atoms with Gasteiger partial charge in [-0.3, -0.25) is 0 Å². The predicted octanol–water partition coefficient (Wildman–Crippen LogP) is 5.23. The molecule has 2 nitrogen and oxygen atoms in total. The Balaban J connectivity index is 3.22. The molecule has 0 aromatic carbocycles. The van der Waals surface area contributed by atoms with Gasteiger partial charge >= 0.3 is 0 Å². The zero-order valence-electron chi connectivity index (χ0n) is 12.1. The molecule has 100 valence electrons. The first-order valence-corrected chi connectivity index (χ1v) is 6.97. The third kappa shape index (κ3) is 3.18. The van der Waals surface area contributed by atoms with Crippen LogP contribution < -0.4 is 0 Å². The number of hydrogen-bond acceptors (Lipinski definition) is 2. The maximum Gasteiger partial charge on any atom is 0.114 e. The Kier molecular flexibility index (Phi) is 5.52. The lowest BCUT2D eigenvalue weighted by Crippen LogP contribution is -2.09. The minimum Gasteiger partial charge on any atom is -0.145 e. The van der Waals surface area contributed by atoms with E-state index in [4.69, 9.17) is 0 Å². The Morgan fingerprint density at radius 2 is 2.06 bits per heavy atom. The van der Waals surface area contributed by atoms with E-state index in [-0.39, 0.29) is 0 Å². The highest BCUT2D eigenvalue weighted by molar-refractivity contribution is 5.41. The number of rotatable bonds is 7. The molecule has 0 N–H and O–H groups in total. The summed E-state index contributed by atoms with van der Waals surface area (Å²) < 4.78 is 0. The highest BCUT2D eigenvalue weighted by Crippen LogP contribution is 2.44. The van der Waals surface area contributed by atoms with Crippen molar-refractivity contribution in [1.82, 2.24) is 0 Å². The Hall–Kier alpha value is -1.18. The predicted molar refractivity (Wildman–Crippen MR) is 78.1 cm³/mol. The quantitative estimate of drug-likeness (QED) is 0.447. The molecule has 0 aromatic rings. The topological polar surface area (TPSA) is 29.4 Å². The third-order valence-electron chi connectivity index (χ3n) is 3.82. The van der Waals surface area contributed by atoms with Crippen LogP contribution in [0.4, 0.5) is 0 Å². The van der Waals surface area contributed by atoms with E-state index >= 15 is 0 Å². The van der Waals surface area contributed by atoms with Crippen molar-refractivity contribution >= 4 is 0 Å². The maximum atomic E-state index is 11.3. The van der Waals surface area contributed by atoms with Crippen LogP contribution >= 0.6 is 0 Å². The highest BCUT2D eigenvalue weighted by Gasteiger charge is 2.33. The standard InChI is InChI=1S/C16H25NO/c1-6-13(11(4)5)16(17-18)15(8-3)14(7-2)12-9-10-12/h6,8,11-12,14H,3,7,9-10H2,1-2,4-5H3/b13-6-,16-15-. The van der Waals surface area contributed by atoms with Gasteiger partial charge in [0.2, 0.25) is 0 Å². The molecule has 0 amide bonds. The molecule has 0 spiro atoms. The molecule has 0 heterocycles. The first kappa shape index (κ1) is 14.9. The SMILES string of the molecule is C=C/C(=C(N=O)\C(=C/C)C(C)C)C(CC)C1CC1. The van der Waals surface area contributed by atoms with Crippen LogP contribution in [-0.4, -0.2) is 0 Å². The Bertz CT molecular complexity index is 373. The number of nitroso groups, excluding NO2 is 1. The van der Waals surface area contributed by atoms with Gasteiger partial charge in [0.15, 0.2) is 0 Å². The number of allylic oxidation sites excluding steroid dienone is 4. The molecule has 1 aliphatic carbocycles. The van der Waals surface area contributed by atoms with Gasteiger partial charge in [-0.2, -0.15) is 0 Å². The van der Waals surface area contributed by atoms with Crippen LogP contribution in [0.15, 0.2) is 40.8 Å². The zero-order chi connectivity index (χ0) is 13.7. The summed E-state index contributed by atoms with van der Waals surface area (Å²) in [6.07, 6.45) is 7.45. The Labute approximate surface area is 111 Å². The normalized spacial score (nSPS) is 19.5. The van der Waals surface area contributed by atoms with Crippen molar-refractivity contribution in [2.45, 2.75) is 47.0 Å².